The number of urea groups is 1. The molecule has 0 bridgehead atoms. The molecule has 1 atom stereocenters. The third-order valence-electron chi connectivity index (χ3n) is 3.70. The molecule has 0 spiro atoms. The number of carbonyl (C=O) groups excluding carboxylic acids is 1. The van der Waals surface area contributed by atoms with Crippen LogP contribution in [0, 0.1) is 5.92 Å². The van der Waals surface area contributed by atoms with Crippen LogP contribution in [0.2, 0.25) is 0 Å². The van der Waals surface area contributed by atoms with E-state index in [0.717, 1.165) is 49.5 Å². The Bertz CT molecular complexity index is 508. The highest BCUT2D eigenvalue weighted by molar-refractivity contribution is 5.89. The number of amides is 2. The van der Waals surface area contributed by atoms with E-state index in [1.54, 1.807) is 0 Å². The van der Waals surface area contributed by atoms with Gasteiger partial charge in [-0.1, -0.05) is 6.58 Å². The molecular weight excluding hydrogens is 292 g/mol. The number of anilines is 1. The molecule has 2 amide bonds. The number of nitrogens with one attached hydrogen (secondary N) is 2. The van der Waals surface area contributed by atoms with Crippen molar-refractivity contribution in [3.8, 4) is 5.75 Å². The normalized spacial score (nSPS) is 16.8. The lowest BCUT2D eigenvalue weighted by Crippen LogP contribution is -2.29. The van der Waals surface area contributed by atoms with Crippen molar-refractivity contribution >= 4 is 11.7 Å². The van der Waals surface area contributed by atoms with Crippen LogP contribution in [0.5, 0.6) is 5.75 Å². The molecule has 1 aliphatic heterocycles. The molecule has 2 N–H and O–H groups in total. The zero-order valence-electron chi connectivity index (χ0n) is 13.8. The van der Waals surface area contributed by atoms with Gasteiger partial charge in [0.15, 0.2) is 0 Å². The molecule has 1 aromatic carbocycles. The molecule has 0 aliphatic carbocycles. The lowest BCUT2D eigenvalue weighted by atomic mass is 10.0. The second-order valence-corrected chi connectivity index (χ2v) is 6.02. The van der Waals surface area contributed by atoms with E-state index >= 15 is 0 Å². The highest BCUT2D eigenvalue weighted by Crippen LogP contribution is 2.18. The smallest absolute Gasteiger partial charge is 0.319 e. The molecule has 1 saturated heterocycles. The summed E-state index contributed by atoms with van der Waals surface area (Å²) in [5.74, 6) is 1.42. The number of ether oxygens (including phenoxy) is 2. The molecular formula is C18H26N2O3. The van der Waals surface area contributed by atoms with Crippen LogP contribution in [0.3, 0.4) is 0 Å². The summed E-state index contributed by atoms with van der Waals surface area (Å²) in [6.07, 6.45) is 3.23. The molecule has 5 heteroatoms. The number of carbonyl (C=O) groups is 1. The second kappa shape index (κ2) is 9.20. The summed E-state index contributed by atoms with van der Waals surface area (Å²) in [5.41, 5.74) is 1.71. The average Bonchev–Trinajstić information content (AvgIpc) is 3.04. The Labute approximate surface area is 138 Å². The minimum absolute atomic E-state index is 0.178. The van der Waals surface area contributed by atoms with Gasteiger partial charge in [-0.05, 0) is 61.9 Å². The minimum Gasteiger partial charge on any atom is -0.489 e. The van der Waals surface area contributed by atoms with Crippen molar-refractivity contribution in [2.24, 2.45) is 5.92 Å². The molecule has 0 saturated carbocycles. The van der Waals surface area contributed by atoms with Crippen molar-refractivity contribution in [3.05, 3.63) is 36.4 Å². The highest BCUT2D eigenvalue weighted by atomic mass is 16.5. The molecule has 1 aliphatic rings. The predicted octanol–water partition coefficient (Wildman–Crippen LogP) is 3.58. The Morgan fingerprint density at radius 2 is 2.17 bits per heavy atom. The van der Waals surface area contributed by atoms with Gasteiger partial charge in [-0.2, -0.15) is 0 Å². The van der Waals surface area contributed by atoms with E-state index in [1.807, 2.05) is 31.2 Å². The van der Waals surface area contributed by atoms with Crippen LogP contribution in [0.4, 0.5) is 10.5 Å². The number of hydrogen-bond donors (Lipinski definition) is 2. The van der Waals surface area contributed by atoms with Crippen LogP contribution >= 0.6 is 0 Å². The molecule has 126 valence electrons. The maximum atomic E-state index is 11.8. The van der Waals surface area contributed by atoms with Crippen LogP contribution in [-0.2, 0) is 4.74 Å². The average molecular weight is 318 g/mol. The van der Waals surface area contributed by atoms with Crippen molar-refractivity contribution in [3.63, 3.8) is 0 Å². The van der Waals surface area contributed by atoms with Crippen molar-refractivity contribution < 1.29 is 14.3 Å². The molecule has 1 unspecified atom stereocenters. The summed E-state index contributed by atoms with van der Waals surface area (Å²) < 4.78 is 10.9. The molecule has 5 nitrogen and oxygen atoms in total. The molecule has 1 fully saturated rings. The van der Waals surface area contributed by atoms with Gasteiger partial charge in [0.05, 0.1) is 0 Å². The van der Waals surface area contributed by atoms with Crippen LogP contribution in [-0.4, -0.2) is 32.4 Å². The van der Waals surface area contributed by atoms with Crippen molar-refractivity contribution in [1.82, 2.24) is 5.32 Å². The minimum atomic E-state index is -0.178. The van der Waals surface area contributed by atoms with Crippen LogP contribution in [0.1, 0.15) is 26.2 Å². The molecule has 1 aromatic rings. The van der Waals surface area contributed by atoms with Crippen LogP contribution in [0.25, 0.3) is 0 Å². The SMILES string of the molecule is C=C(C)COc1ccc(NC(=O)NCCCC2CCOC2)cc1. The maximum Gasteiger partial charge on any atom is 0.319 e. The largest absolute Gasteiger partial charge is 0.489 e. The first kappa shape index (κ1) is 17.3. The molecule has 0 aromatic heterocycles. The van der Waals surface area contributed by atoms with Gasteiger partial charge < -0.3 is 20.1 Å². The Morgan fingerprint density at radius 3 is 2.83 bits per heavy atom. The second-order valence-electron chi connectivity index (χ2n) is 6.02. The van der Waals surface area contributed by atoms with Crippen molar-refractivity contribution in [2.75, 3.05) is 31.7 Å². The number of rotatable bonds is 8. The van der Waals surface area contributed by atoms with Gasteiger partial charge in [0.25, 0.3) is 0 Å². The zero-order chi connectivity index (χ0) is 16.5. The fourth-order valence-corrected chi connectivity index (χ4v) is 2.42. The zero-order valence-corrected chi connectivity index (χ0v) is 13.8. The third-order valence-corrected chi connectivity index (χ3v) is 3.70. The first-order valence-corrected chi connectivity index (χ1v) is 8.13. The van der Waals surface area contributed by atoms with Crippen molar-refractivity contribution in [1.29, 1.82) is 0 Å². The highest BCUT2D eigenvalue weighted by Gasteiger charge is 2.14. The van der Waals surface area contributed by atoms with E-state index in [2.05, 4.69) is 17.2 Å². The molecule has 23 heavy (non-hydrogen) atoms. The fraction of sp³-hybridized carbons (Fsp3) is 0.500. The molecule has 2 rings (SSSR count). The van der Waals surface area contributed by atoms with Gasteiger partial charge in [0, 0.05) is 25.4 Å². The summed E-state index contributed by atoms with van der Waals surface area (Å²) in [6.45, 7) is 8.64. The topological polar surface area (TPSA) is 59.6 Å². The lowest BCUT2D eigenvalue weighted by molar-refractivity contribution is 0.184. The Kier molecular flexibility index (Phi) is 6.94. The summed E-state index contributed by atoms with van der Waals surface area (Å²) in [7, 11) is 0. The first-order chi connectivity index (χ1) is 11.1. The predicted molar refractivity (Wildman–Crippen MR) is 91.9 cm³/mol. The first-order valence-electron chi connectivity index (χ1n) is 8.13. The lowest BCUT2D eigenvalue weighted by Gasteiger charge is -2.10. The summed E-state index contributed by atoms with van der Waals surface area (Å²) in [4.78, 5) is 11.8. The quantitative estimate of drug-likeness (QED) is 0.569. The van der Waals surface area contributed by atoms with E-state index < -0.39 is 0 Å². The van der Waals surface area contributed by atoms with E-state index in [0.29, 0.717) is 19.1 Å². The third kappa shape index (κ3) is 6.74. The monoisotopic (exact) mass is 318 g/mol. The molecule has 1 heterocycles. The van der Waals surface area contributed by atoms with Crippen molar-refractivity contribution in [2.45, 2.75) is 26.2 Å². The van der Waals surface area contributed by atoms with E-state index in [9.17, 15) is 4.79 Å². The van der Waals surface area contributed by atoms with Gasteiger partial charge >= 0.3 is 6.03 Å². The van der Waals surface area contributed by atoms with Crippen LogP contribution < -0.4 is 15.4 Å². The standard InChI is InChI=1S/C18H26N2O3/c1-14(2)12-23-17-7-5-16(6-8-17)20-18(21)19-10-3-4-15-9-11-22-13-15/h5-8,15H,1,3-4,9-13H2,2H3,(H2,19,20,21). The van der Waals surface area contributed by atoms with Gasteiger partial charge in [-0.25, -0.2) is 4.79 Å². The van der Waals surface area contributed by atoms with E-state index in [4.69, 9.17) is 9.47 Å². The van der Waals surface area contributed by atoms with Gasteiger partial charge in [-0.3, -0.25) is 0 Å². The number of benzene rings is 1. The van der Waals surface area contributed by atoms with Crippen LogP contribution in [0.15, 0.2) is 36.4 Å². The summed E-state index contributed by atoms with van der Waals surface area (Å²) in [6, 6.07) is 7.13. The summed E-state index contributed by atoms with van der Waals surface area (Å²) >= 11 is 0. The van der Waals surface area contributed by atoms with Gasteiger partial charge in [0.2, 0.25) is 0 Å². The summed E-state index contributed by atoms with van der Waals surface area (Å²) in [5, 5.41) is 5.69. The fourth-order valence-electron chi connectivity index (χ4n) is 2.42. The molecule has 0 radical (unpaired) electrons. The number of hydrogen-bond acceptors (Lipinski definition) is 3. The van der Waals surface area contributed by atoms with Gasteiger partial charge in [-0.15, -0.1) is 0 Å². The Balaban J connectivity index is 1.63. The van der Waals surface area contributed by atoms with E-state index in [1.165, 1.54) is 0 Å². The van der Waals surface area contributed by atoms with Gasteiger partial charge in [0.1, 0.15) is 12.4 Å². The Morgan fingerprint density at radius 1 is 1.39 bits per heavy atom. The maximum absolute atomic E-state index is 11.8. The van der Waals surface area contributed by atoms with E-state index in [-0.39, 0.29) is 6.03 Å². The Hall–Kier alpha value is -2.01.